The Labute approximate surface area is 90.8 Å². The molecule has 3 heteroatoms. The first-order valence-electron chi connectivity index (χ1n) is 4.78. The van der Waals surface area contributed by atoms with Gasteiger partial charge < -0.3 is 9.84 Å². The summed E-state index contributed by atoms with van der Waals surface area (Å²) >= 11 is 0. The maximum atomic E-state index is 10.9. The van der Waals surface area contributed by atoms with Crippen molar-refractivity contribution < 1.29 is 14.6 Å². The van der Waals surface area contributed by atoms with Gasteiger partial charge in [-0.25, -0.2) is 0 Å². The van der Waals surface area contributed by atoms with E-state index in [0.29, 0.717) is 6.42 Å². The molecule has 0 radical (unpaired) electrons. The summed E-state index contributed by atoms with van der Waals surface area (Å²) in [6, 6.07) is 0. The molecule has 1 N–H and O–H groups in total. The Hall–Kier alpha value is -1.35. The van der Waals surface area contributed by atoms with Crippen LogP contribution in [-0.2, 0) is 9.53 Å². The van der Waals surface area contributed by atoms with Gasteiger partial charge in [0, 0.05) is 0 Å². The topological polar surface area (TPSA) is 46.5 Å². The number of aliphatic hydroxyl groups is 1. The Morgan fingerprint density at radius 2 is 2.07 bits per heavy atom. The smallest absolute Gasteiger partial charge is 0.309 e. The van der Waals surface area contributed by atoms with Gasteiger partial charge >= 0.3 is 5.97 Å². The van der Waals surface area contributed by atoms with Crippen LogP contribution in [0.3, 0.4) is 0 Å². The van der Waals surface area contributed by atoms with Crippen LogP contribution in [0.4, 0.5) is 0 Å². The molecule has 0 bridgehead atoms. The summed E-state index contributed by atoms with van der Waals surface area (Å²) in [4.78, 5) is 10.9. The monoisotopic (exact) mass is 210 g/mol. The van der Waals surface area contributed by atoms with E-state index in [1.165, 1.54) is 7.11 Å². The minimum Gasteiger partial charge on any atom is -0.469 e. The van der Waals surface area contributed by atoms with Crippen molar-refractivity contribution in [2.75, 3.05) is 13.7 Å². The molecule has 0 aliphatic rings. The molecule has 0 atom stereocenters. The summed E-state index contributed by atoms with van der Waals surface area (Å²) in [5.41, 5.74) is 1.93. The van der Waals surface area contributed by atoms with Gasteiger partial charge in [0.2, 0.25) is 0 Å². The highest BCUT2D eigenvalue weighted by molar-refractivity contribution is 5.72. The van der Waals surface area contributed by atoms with E-state index in [0.717, 1.165) is 11.1 Å². The van der Waals surface area contributed by atoms with Gasteiger partial charge in [0.15, 0.2) is 0 Å². The van der Waals surface area contributed by atoms with Gasteiger partial charge in [0.05, 0.1) is 20.1 Å². The Morgan fingerprint density at radius 3 is 2.60 bits per heavy atom. The zero-order valence-corrected chi connectivity index (χ0v) is 9.49. The fourth-order valence-corrected chi connectivity index (χ4v) is 0.935. The van der Waals surface area contributed by atoms with E-state index in [1.807, 2.05) is 32.1 Å². The normalized spacial score (nSPS) is 13.3. The maximum Gasteiger partial charge on any atom is 0.309 e. The summed E-state index contributed by atoms with van der Waals surface area (Å²) in [6.07, 6.45) is 7.59. The van der Waals surface area contributed by atoms with E-state index in [4.69, 9.17) is 5.11 Å². The minimum atomic E-state index is -0.236. The van der Waals surface area contributed by atoms with Crippen LogP contribution in [0.1, 0.15) is 20.3 Å². The summed E-state index contributed by atoms with van der Waals surface area (Å²) in [6.45, 7) is 3.81. The number of ether oxygens (including phenoxy) is 1. The Balaban J connectivity index is 4.15. The lowest BCUT2D eigenvalue weighted by Crippen LogP contribution is -1.99. The average Bonchev–Trinajstić information content (AvgIpc) is 2.18. The molecule has 0 aliphatic heterocycles. The van der Waals surface area contributed by atoms with Crippen LogP contribution in [-0.4, -0.2) is 24.8 Å². The van der Waals surface area contributed by atoms with Gasteiger partial charge in [-0.2, -0.15) is 0 Å². The first kappa shape index (κ1) is 13.7. The number of methoxy groups -OCH3 is 1. The Morgan fingerprint density at radius 1 is 1.40 bits per heavy atom. The lowest BCUT2D eigenvalue weighted by atomic mass is 10.2. The second-order valence-corrected chi connectivity index (χ2v) is 3.26. The molecule has 15 heavy (non-hydrogen) atoms. The second-order valence-electron chi connectivity index (χ2n) is 3.26. The highest BCUT2D eigenvalue weighted by Gasteiger charge is 1.99. The van der Waals surface area contributed by atoms with Crippen LogP contribution in [0, 0.1) is 0 Å². The van der Waals surface area contributed by atoms with E-state index in [9.17, 15) is 4.79 Å². The van der Waals surface area contributed by atoms with Crippen molar-refractivity contribution in [2.24, 2.45) is 0 Å². The number of hydrogen-bond acceptors (Lipinski definition) is 3. The predicted octanol–water partition coefficient (Wildman–Crippen LogP) is 1.99. The summed E-state index contributed by atoms with van der Waals surface area (Å²) in [5.74, 6) is -0.236. The fourth-order valence-electron chi connectivity index (χ4n) is 0.935. The molecule has 0 heterocycles. The quantitative estimate of drug-likeness (QED) is 0.557. The molecule has 0 saturated carbocycles. The molecule has 0 fully saturated rings. The van der Waals surface area contributed by atoms with Gasteiger partial charge in [0.1, 0.15) is 0 Å². The van der Waals surface area contributed by atoms with Crippen molar-refractivity contribution in [3.63, 3.8) is 0 Å². The number of hydrogen-bond donors (Lipinski definition) is 1. The number of carbonyl (C=O) groups excluding carboxylic acids is 1. The number of rotatable bonds is 5. The van der Waals surface area contributed by atoms with Gasteiger partial charge in [-0.15, -0.1) is 0 Å². The van der Waals surface area contributed by atoms with Gasteiger partial charge in [-0.3, -0.25) is 4.79 Å². The van der Waals surface area contributed by atoms with Crippen molar-refractivity contribution >= 4 is 5.97 Å². The lowest BCUT2D eigenvalue weighted by molar-refractivity contribution is -0.139. The third-order valence-electron chi connectivity index (χ3n) is 1.80. The Kier molecular flexibility index (Phi) is 7.28. The molecule has 0 aromatic rings. The average molecular weight is 210 g/mol. The van der Waals surface area contributed by atoms with Gasteiger partial charge in [0.25, 0.3) is 0 Å². The summed E-state index contributed by atoms with van der Waals surface area (Å²) in [7, 11) is 1.37. The van der Waals surface area contributed by atoms with Gasteiger partial charge in [-0.05, 0) is 13.8 Å². The maximum absolute atomic E-state index is 10.9. The number of carbonyl (C=O) groups is 1. The third-order valence-corrected chi connectivity index (χ3v) is 1.80. The fraction of sp³-hybridized carbons (Fsp3) is 0.417. The molecule has 3 nitrogen and oxygen atoms in total. The minimum absolute atomic E-state index is 0.0427. The van der Waals surface area contributed by atoms with Crippen LogP contribution in [0.15, 0.2) is 35.5 Å². The first-order valence-corrected chi connectivity index (χ1v) is 4.78. The molecular weight excluding hydrogens is 192 g/mol. The highest BCUT2D eigenvalue weighted by Crippen LogP contribution is 2.02. The summed E-state index contributed by atoms with van der Waals surface area (Å²) in [5, 5.41) is 8.61. The van der Waals surface area contributed by atoms with Crippen LogP contribution >= 0.6 is 0 Å². The molecule has 0 amide bonds. The summed E-state index contributed by atoms with van der Waals surface area (Å²) < 4.78 is 4.54. The predicted molar refractivity (Wildman–Crippen MR) is 60.4 cm³/mol. The SMILES string of the molecule is COC(=O)CC(C)=CC=CC(C)=CCO. The van der Waals surface area contributed by atoms with Crippen molar-refractivity contribution in [1.82, 2.24) is 0 Å². The van der Waals surface area contributed by atoms with E-state index in [-0.39, 0.29) is 12.6 Å². The van der Waals surface area contributed by atoms with Crippen molar-refractivity contribution in [3.8, 4) is 0 Å². The van der Waals surface area contributed by atoms with E-state index in [1.54, 1.807) is 6.08 Å². The Bertz CT molecular complexity index is 285. The van der Waals surface area contributed by atoms with Crippen molar-refractivity contribution in [3.05, 3.63) is 35.5 Å². The highest BCUT2D eigenvalue weighted by atomic mass is 16.5. The molecule has 0 spiro atoms. The van der Waals surface area contributed by atoms with Gasteiger partial charge in [-0.1, -0.05) is 35.5 Å². The molecule has 0 aromatic carbocycles. The molecule has 84 valence electrons. The second kappa shape index (κ2) is 8.00. The standard InChI is InChI=1S/C12H18O3/c1-10(7-8-13)5-4-6-11(2)9-12(14)15-3/h4-7,13H,8-9H2,1-3H3. The van der Waals surface area contributed by atoms with E-state index >= 15 is 0 Å². The number of allylic oxidation sites excluding steroid dienone is 4. The number of aliphatic hydroxyl groups excluding tert-OH is 1. The van der Waals surface area contributed by atoms with Crippen LogP contribution < -0.4 is 0 Å². The van der Waals surface area contributed by atoms with Crippen LogP contribution in [0.5, 0.6) is 0 Å². The molecule has 0 saturated heterocycles. The lowest BCUT2D eigenvalue weighted by Gasteiger charge is -1.97. The third kappa shape index (κ3) is 7.70. The van der Waals surface area contributed by atoms with Crippen LogP contribution in [0.25, 0.3) is 0 Å². The number of esters is 1. The van der Waals surface area contributed by atoms with Crippen molar-refractivity contribution in [2.45, 2.75) is 20.3 Å². The van der Waals surface area contributed by atoms with Crippen LogP contribution in [0.2, 0.25) is 0 Å². The molecule has 0 unspecified atom stereocenters. The van der Waals surface area contributed by atoms with Crippen molar-refractivity contribution in [1.29, 1.82) is 0 Å². The van der Waals surface area contributed by atoms with E-state index in [2.05, 4.69) is 4.74 Å². The molecule has 0 aromatic heterocycles. The largest absolute Gasteiger partial charge is 0.469 e. The molecular formula is C12H18O3. The zero-order chi connectivity index (χ0) is 11.7. The molecule has 0 rings (SSSR count). The molecule has 0 aliphatic carbocycles. The first-order chi connectivity index (χ1) is 7.10. The van der Waals surface area contributed by atoms with E-state index < -0.39 is 0 Å². The zero-order valence-electron chi connectivity index (χ0n) is 9.49.